The lowest BCUT2D eigenvalue weighted by molar-refractivity contribution is -0.142. The first kappa shape index (κ1) is 17.2. The average Bonchev–Trinajstić information content (AvgIpc) is 3.40. The van der Waals surface area contributed by atoms with Gasteiger partial charge in [0.05, 0.1) is 20.1 Å². The lowest BCUT2D eigenvalue weighted by Crippen LogP contribution is -2.34. The molecule has 0 atom stereocenters. The van der Waals surface area contributed by atoms with Crippen LogP contribution in [-0.4, -0.2) is 43.7 Å². The molecule has 1 aliphatic carbocycles. The molecule has 1 heterocycles. The number of esters is 1. The first-order chi connectivity index (χ1) is 11.6. The number of methoxy groups -OCH3 is 1. The molecule has 3 rings (SSSR count). The van der Waals surface area contributed by atoms with Crippen molar-refractivity contribution in [1.29, 1.82) is 0 Å². The van der Waals surface area contributed by atoms with Gasteiger partial charge in [-0.05, 0) is 63.2 Å². The van der Waals surface area contributed by atoms with Gasteiger partial charge in [-0.3, -0.25) is 4.79 Å². The Kier molecular flexibility index (Phi) is 5.39. The number of nitrogens with zero attached hydrogens (tertiary/aromatic N) is 1. The fourth-order valence-corrected chi connectivity index (χ4v) is 3.67. The van der Waals surface area contributed by atoms with Crippen molar-refractivity contribution >= 4 is 5.97 Å². The van der Waals surface area contributed by atoms with E-state index in [1.807, 2.05) is 6.07 Å². The molecule has 0 N–H and O–H groups in total. The summed E-state index contributed by atoms with van der Waals surface area (Å²) in [5.41, 5.74) is 1.55. The molecule has 1 saturated carbocycles. The van der Waals surface area contributed by atoms with Crippen molar-refractivity contribution < 1.29 is 18.7 Å². The number of hydrogen-bond acceptors (Lipinski definition) is 4. The summed E-state index contributed by atoms with van der Waals surface area (Å²) < 4.78 is 24.6. The largest absolute Gasteiger partial charge is 0.493 e. The highest BCUT2D eigenvalue weighted by Gasteiger charge is 2.32. The summed E-state index contributed by atoms with van der Waals surface area (Å²) in [6.07, 6.45) is 4.78. The molecule has 1 saturated heterocycles. The Balaban J connectivity index is 1.75. The third-order valence-corrected chi connectivity index (χ3v) is 5.05. The van der Waals surface area contributed by atoms with Crippen LogP contribution in [0.5, 0.6) is 5.75 Å². The minimum Gasteiger partial charge on any atom is -0.493 e. The molecular weight excluding hydrogens is 309 g/mol. The van der Waals surface area contributed by atoms with Gasteiger partial charge in [0.15, 0.2) is 11.6 Å². The van der Waals surface area contributed by atoms with Crippen molar-refractivity contribution in [2.75, 3.05) is 26.8 Å². The number of carbonyl (C=O) groups excluding carboxylic acids is 1. The van der Waals surface area contributed by atoms with Crippen LogP contribution in [0.15, 0.2) is 12.1 Å². The summed E-state index contributed by atoms with van der Waals surface area (Å²) in [5.74, 6) is -0.238. The predicted octanol–water partition coefficient (Wildman–Crippen LogP) is 3.28. The molecule has 1 aromatic rings. The molecule has 4 nitrogen and oxygen atoms in total. The van der Waals surface area contributed by atoms with E-state index in [1.54, 1.807) is 13.0 Å². The van der Waals surface area contributed by atoms with Gasteiger partial charge in [-0.25, -0.2) is 4.39 Å². The van der Waals surface area contributed by atoms with E-state index in [4.69, 9.17) is 9.47 Å². The Morgan fingerprint density at radius 2 is 1.96 bits per heavy atom. The lowest BCUT2D eigenvalue weighted by atomic mass is 9.87. The fourth-order valence-electron chi connectivity index (χ4n) is 3.67. The third-order valence-electron chi connectivity index (χ3n) is 5.05. The van der Waals surface area contributed by atoms with Crippen molar-refractivity contribution in [2.24, 2.45) is 0 Å². The Labute approximate surface area is 142 Å². The highest BCUT2D eigenvalue weighted by Crippen LogP contribution is 2.36. The number of ether oxygens (including phenoxy) is 2. The number of carbonyl (C=O) groups is 1. The second kappa shape index (κ2) is 7.51. The number of hydrogen-bond donors (Lipinski definition) is 0. The quantitative estimate of drug-likeness (QED) is 0.748. The van der Waals surface area contributed by atoms with E-state index in [0.29, 0.717) is 18.1 Å². The number of rotatable bonds is 6. The van der Waals surface area contributed by atoms with Gasteiger partial charge < -0.3 is 14.4 Å². The zero-order chi connectivity index (χ0) is 17.1. The molecule has 0 amide bonds. The van der Waals surface area contributed by atoms with Gasteiger partial charge in [-0.15, -0.1) is 0 Å². The SMILES string of the molecule is CCOC(=O)Cc1cc(C2CCN(C3CC3)CC2)cc(F)c1OC. The molecule has 1 aliphatic heterocycles. The molecule has 0 bridgehead atoms. The number of halogens is 1. The van der Waals surface area contributed by atoms with Crippen LogP contribution < -0.4 is 4.74 Å². The molecule has 5 heteroatoms. The maximum absolute atomic E-state index is 14.4. The first-order valence-corrected chi connectivity index (χ1v) is 8.88. The molecule has 24 heavy (non-hydrogen) atoms. The normalized spacial score (nSPS) is 19.3. The molecule has 0 spiro atoms. The molecule has 1 aromatic carbocycles. The summed E-state index contributed by atoms with van der Waals surface area (Å²) in [4.78, 5) is 14.3. The standard InChI is InChI=1S/C19H26FNO3/c1-3-24-18(22)12-15-10-14(11-17(20)19(15)23-2)13-6-8-21(9-7-13)16-4-5-16/h10-11,13,16H,3-9,12H2,1-2H3. The summed E-state index contributed by atoms with van der Waals surface area (Å²) in [6.45, 7) is 4.25. The van der Waals surface area contributed by atoms with E-state index >= 15 is 0 Å². The average molecular weight is 335 g/mol. The maximum Gasteiger partial charge on any atom is 0.310 e. The van der Waals surface area contributed by atoms with Gasteiger partial charge in [-0.1, -0.05) is 6.07 Å². The van der Waals surface area contributed by atoms with Crippen molar-refractivity contribution in [3.05, 3.63) is 29.1 Å². The van der Waals surface area contributed by atoms with E-state index in [9.17, 15) is 9.18 Å². The summed E-state index contributed by atoms with van der Waals surface area (Å²) in [5, 5.41) is 0. The van der Waals surface area contributed by atoms with E-state index < -0.39 is 0 Å². The number of benzene rings is 1. The van der Waals surface area contributed by atoms with Crippen LogP contribution in [0.2, 0.25) is 0 Å². The van der Waals surface area contributed by atoms with Crippen molar-refractivity contribution in [2.45, 2.75) is 51.0 Å². The Bertz CT molecular complexity index is 593. The molecule has 0 aromatic heterocycles. The fraction of sp³-hybridized carbons (Fsp3) is 0.632. The van der Waals surface area contributed by atoms with Crippen LogP contribution in [0.25, 0.3) is 0 Å². The van der Waals surface area contributed by atoms with Crippen molar-refractivity contribution in [1.82, 2.24) is 4.90 Å². The summed E-state index contributed by atoms with van der Waals surface area (Å²) >= 11 is 0. The summed E-state index contributed by atoms with van der Waals surface area (Å²) in [7, 11) is 1.43. The van der Waals surface area contributed by atoms with Crippen LogP contribution in [-0.2, 0) is 16.0 Å². The lowest BCUT2D eigenvalue weighted by Gasteiger charge is -2.32. The van der Waals surface area contributed by atoms with Crippen LogP contribution >= 0.6 is 0 Å². The van der Waals surface area contributed by atoms with Crippen LogP contribution in [0.3, 0.4) is 0 Å². The van der Waals surface area contributed by atoms with Gasteiger partial charge in [0.25, 0.3) is 0 Å². The van der Waals surface area contributed by atoms with Crippen LogP contribution in [0.4, 0.5) is 4.39 Å². The zero-order valence-electron chi connectivity index (χ0n) is 14.5. The Hall–Kier alpha value is -1.62. The highest BCUT2D eigenvalue weighted by molar-refractivity contribution is 5.73. The van der Waals surface area contributed by atoms with Gasteiger partial charge >= 0.3 is 5.97 Å². The molecule has 2 aliphatic rings. The highest BCUT2D eigenvalue weighted by atomic mass is 19.1. The van der Waals surface area contributed by atoms with E-state index in [0.717, 1.165) is 37.5 Å². The third kappa shape index (κ3) is 3.89. The smallest absolute Gasteiger partial charge is 0.310 e. The molecular formula is C19H26FNO3. The summed E-state index contributed by atoms with van der Waals surface area (Å²) in [6, 6.07) is 4.29. The predicted molar refractivity (Wildman–Crippen MR) is 89.9 cm³/mol. The second-order valence-corrected chi connectivity index (χ2v) is 6.72. The minimum atomic E-state index is -0.390. The number of likely N-dealkylation sites (tertiary alicyclic amines) is 1. The first-order valence-electron chi connectivity index (χ1n) is 8.88. The van der Waals surface area contributed by atoms with E-state index in [-0.39, 0.29) is 24.0 Å². The Morgan fingerprint density at radius 3 is 2.54 bits per heavy atom. The minimum absolute atomic E-state index is 0.0443. The van der Waals surface area contributed by atoms with E-state index in [2.05, 4.69) is 4.90 Å². The van der Waals surface area contributed by atoms with Gasteiger partial charge in [-0.2, -0.15) is 0 Å². The van der Waals surface area contributed by atoms with Gasteiger partial charge in [0.1, 0.15) is 0 Å². The molecule has 0 unspecified atom stereocenters. The second-order valence-electron chi connectivity index (χ2n) is 6.72. The molecule has 0 radical (unpaired) electrons. The number of piperidine rings is 1. The van der Waals surface area contributed by atoms with Crippen LogP contribution in [0, 0.1) is 5.82 Å². The molecule has 132 valence electrons. The van der Waals surface area contributed by atoms with Crippen molar-refractivity contribution in [3.63, 3.8) is 0 Å². The van der Waals surface area contributed by atoms with Crippen LogP contribution in [0.1, 0.15) is 49.7 Å². The van der Waals surface area contributed by atoms with Crippen molar-refractivity contribution in [3.8, 4) is 5.75 Å². The monoisotopic (exact) mass is 335 g/mol. The topological polar surface area (TPSA) is 38.8 Å². The molecule has 2 fully saturated rings. The maximum atomic E-state index is 14.4. The zero-order valence-corrected chi connectivity index (χ0v) is 14.5. The Morgan fingerprint density at radius 1 is 1.25 bits per heavy atom. The van der Waals surface area contributed by atoms with Gasteiger partial charge in [0.2, 0.25) is 0 Å². The van der Waals surface area contributed by atoms with E-state index in [1.165, 1.54) is 20.0 Å². The van der Waals surface area contributed by atoms with Gasteiger partial charge in [0, 0.05) is 11.6 Å².